The summed E-state index contributed by atoms with van der Waals surface area (Å²) in [7, 11) is -3.88. The average molecular weight is 205 g/mol. The molecule has 2 N–H and O–H groups in total. The van der Waals surface area contributed by atoms with Crippen LogP contribution in [-0.2, 0) is 27.6 Å². The zero-order valence-electron chi connectivity index (χ0n) is 7.17. The third kappa shape index (κ3) is 3.13. The number of aryl methyl sites for hydroxylation is 1. The van der Waals surface area contributed by atoms with Crippen LogP contribution in [0.1, 0.15) is 12.7 Å². The number of nitrogens with two attached hydrogens (primary N) is 1. The summed E-state index contributed by atoms with van der Waals surface area (Å²) in [5, 5.41) is 4.66. The maximum absolute atomic E-state index is 10.4. The second-order valence-electron chi connectivity index (χ2n) is 2.38. The smallest absolute Gasteiger partial charge is 0.333 e. The Bertz CT molecular complexity index is 370. The molecule has 6 nitrogen and oxygen atoms in total. The summed E-state index contributed by atoms with van der Waals surface area (Å²) < 4.78 is 27.0. The second-order valence-corrected chi connectivity index (χ2v) is 3.61. The zero-order valence-corrected chi connectivity index (χ0v) is 7.99. The van der Waals surface area contributed by atoms with Crippen LogP contribution in [0.3, 0.4) is 0 Å². The van der Waals surface area contributed by atoms with E-state index >= 15 is 0 Å². The minimum Gasteiger partial charge on any atom is -0.333 e. The Morgan fingerprint density at radius 1 is 1.69 bits per heavy atom. The Morgan fingerprint density at radius 2 is 2.38 bits per heavy atom. The molecule has 1 heterocycles. The van der Waals surface area contributed by atoms with Crippen molar-refractivity contribution in [3.63, 3.8) is 0 Å². The molecule has 0 saturated heterocycles. The van der Waals surface area contributed by atoms with E-state index in [0.29, 0.717) is 12.4 Å². The molecule has 74 valence electrons. The lowest BCUT2D eigenvalue weighted by atomic mass is 10.6. The fraction of sp³-hybridized carbons (Fsp3) is 0.500. The van der Waals surface area contributed by atoms with E-state index in [0.717, 1.165) is 0 Å². The van der Waals surface area contributed by atoms with Crippen molar-refractivity contribution in [3.05, 3.63) is 18.2 Å². The van der Waals surface area contributed by atoms with Crippen molar-refractivity contribution < 1.29 is 12.6 Å². The molecule has 1 rings (SSSR count). The van der Waals surface area contributed by atoms with Crippen molar-refractivity contribution in [2.75, 3.05) is 0 Å². The van der Waals surface area contributed by atoms with Crippen LogP contribution >= 0.6 is 0 Å². The van der Waals surface area contributed by atoms with Gasteiger partial charge in [-0.25, -0.2) is 10.1 Å². The molecule has 13 heavy (non-hydrogen) atoms. The predicted molar refractivity (Wildman–Crippen MR) is 45.8 cm³/mol. The zero-order chi connectivity index (χ0) is 9.90. The predicted octanol–water partition coefficient (Wildman–Crippen LogP) is -0.377. The number of hydrogen-bond donors (Lipinski definition) is 1. The Kier molecular flexibility index (Phi) is 3.02. The van der Waals surface area contributed by atoms with E-state index in [1.165, 1.54) is 0 Å². The molecule has 0 spiro atoms. The topological polar surface area (TPSA) is 87.2 Å². The van der Waals surface area contributed by atoms with Gasteiger partial charge in [0.25, 0.3) is 0 Å². The van der Waals surface area contributed by atoms with Gasteiger partial charge in [-0.1, -0.05) is 0 Å². The van der Waals surface area contributed by atoms with Gasteiger partial charge < -0.3 is 4.57 Å². The molecule has 0 unspecified atom stereocenters. The van der Waals surface area contributed by atoms with Crippen molar-refractivity contribution in [1.82, 2.24) is 9.55 Å². The van der Waals surface area contributed by atoms with E-state index in [4.69, 9.17) is 0 Å². The summed E-state index contributed by atoms with van der Waals surface area (Å²) in [6.45, 7) is 2.51. The van der Waals surface area contributed by atoms with Crippen molar-refractivity contribution in [2.24, 2.45) is 5.14 Å². The van der Waals surface area contributed by atoms with Crippen molar-refractivity contribution in [1.29, 1.82) is 0 Å². The first-order valence-corrected chi connectivity index (χ1v) is 5.17. The van der Waals surface area contributed by atoms with Crippen molar-refractivity contribution in [2.45, 2.75) is 20.1 Å². The van der Waals surface area contributed by atoms with Gasteiger partial charge in [0.1, 0.15) is 12.4 Å². The number of imidazole rings is 1. The van der Waals surface area contributed by atoms with Gasteiger partial charge in [0.05, 0.1) is 0 Å². The highest BCUT2D eigenvalue weighted by Gasteiger charge is 2.06. The third-order valence-electron chi connectivity index (χ3n) is 1.49. The molecule has 0 aliphatic heterocycles. The van der Waals surface area contributed by atoms with Gasteiger partial charge in [0.15, 0.2) is 0 Å². The van der Waals surface area contributed by atoms with E-state index in [-0.39, 0.29) is 6.61 Å². The fourth-order valence-corrected chi connectivity index (χ4v) is 1.17. The van der Waals surface area contributed by atoms with E-state index in [9.17, 15) is 8.42 Å². The Balaban J connectivity index is 2.64. The quantitative estimate of drug-likeness (QED) is 0.726. The summed E-state index contributed by atoms with van der Waals surface area (Å²) in [5.41, 5.74) is 0. The lowest BCUT2D eigenvalue weighted by Crippen LogP contribution is -2.17. The normalized spacial score (nSPS) is 11.8. The Hall–Kier alpha value is -0.920. The molecule has 0 fully saturated rings. The molecule has 0 aromatic carbocycles. The van der Waals surface area contributed by atoms with Gasteiger partial charge in [0.2, 0.25) is 0 Å². The van der Waals surface area contributed by atoms with Gasteiger partial charge in [-0.15, -0.1) is 0 Å². The van der Waals surface area contributed by atoms with Crippen molar-refractivity contribution in [3.8, 4) is 0 Å². The molecule has 0 aliphatic rings. The monoisotopic (exact) mass is 205 g/mol. The highest BCUT2D eigenvalue weighted by atomic mass is 32.2. The summed E-state index contributed by atoms with van der Waals surface area (Å²) >= 11 is 0. The minimum atomic E-state index is -3.88. The molecule has 0 saturated carbocycles. The fourth-order valence-electron chi connectivity index (χ4n) is 0.903. The molecule has 1 aromatic rings. The van der Waals surface area contributed by atoms with E-state index in [2.05, 4.69) is 14.3 Å². The first kappa shape index (κ1) is 10.2. The Labute approximate surface area is 76.6 Å². The van der Waals surface area contributed by atoms with Crippen LogP contribution in [0.25, 0.3) is 0 Å². The number of nitrogens with zero attached hydrogens (tertiary/aromatic N) is 2. The lowest BCUT2D eigenvalue weighted by molar-refractivity contribution is 0.293. The molecule has 7 heteroatoms. The molecular weight excluding hydrogens is 194 g/mol. The van der Waals surface area contributed by atoms with Crippen LogP contribution in [0.5, 0.6) is 0 Å². The van der Waals surface area contributed by atoms with E-state index in [1.54, 1.807) is 17.0 Å². The summed E-state index contributed by atoms with van der Waals surface area (Å²) in [5.74, 6) is 0.538. The van der Waals surface area contributed by atoms with Crippen LogP contribution in [0.15, 0.2) is 12.4 Å². The molecule has 1 aromatic heterocycles. The number of rotatable bonds is 4. The minimum absolute atomic E-state index is 0.125. The maximum atomic E-state index is 10.4. The van der Waals surface area contributed by atoms with Crippen molar-refractivity contribution >= 4 is 10.3 Å². The summed E-state index contributed by atoms with van der Waals surface area (Å²) in [4.78, 5) is 3.91. The highest BCUT2D eigenvalue weighted by Crippen LogP contribution is 2.00. The van der Waals surface area contributed by atoms with Crippen LogP contribution in [0, 0.1) is 0 Å². The molecule has 0 amide bonds. The lowest BCUT2D eigenvalue weighted by Gasteiger charge is -2.03. The molecule has 0 bridgehead atoms. The van der Waals surface area contributed by atoms with Gasteiger partial charge in [-0.2, -0.15) is 8.42 Å². The van der Waals surface area contributed by atoms with Crippen LogP contribution in [0.2, 0.25) is 0 Å². The van der Waals surface area contributed by atoms with Gasteiger partial charge >= 0.3 is 10.3 Å². The first-order valence-electron chi connectivity index (χ1n) is 3.70. The third-order valence-corrected chi connectivity index (χ3v) is 1.94. The van der Waals surface area contributed by atoms with Gasteiger partial charge in [-0.3, -0.25) is 4.18 Å². The summed E-state index contributed by atoms with van der Waals surface area (Å²) in [6, 6.07) is 0. The molecule has 0 radical (unpaired) electrons. The highest BCUT2D eigenvalue weighted by molar-refractivity contribution is 7.84. The maximum Gasteiger partial charge on any atom is 0.333 e. The van der Waals surface area contributed by atoms with Gasteiger partial charge in [0, 0.05) is 18.9 Å². The number of hydrogen-bond acceptors (Lipinski definition) is 4. The number of aromatic nitrogens is 2. The molecule has 0 atom stereocenters. The van der Waals surface area contributed by atoms with Gasteiger partial charge in [-0.05, 0) is 6.92 Å². The second kappa shape index (κ2) is 3.86. The first-order chi connectivity index (χ1) is 6.03. The largest absolute Gasteiger partial charge is 0.333 e. The Morgan fingerprint density at radius 3 is 2.92 bits per heavy atom. The SMILES string of the molecule is CCn1ccnc1COS(N)(=O)=O. The molecule has 0 aliphatic carbocycles. The average Bonchev–Trinajstić information content (AvgIpc) is 2.46. The van der Waals surface area contributed by atoms with E-state index in [1.807, 2.05) is 6.92 Å². The van der Waals surface area contributed by atoms with Crippen LogP contribution < -0.4 is 5.14 Å². The standard InChI is InChI=1S/C6H11N3O3S/c1-2-9-4-3-8-6(9)5-12-13(7,10)11/h3-4H,2,5H2,1H3,(H2,7,10,11). The molecular formula is C6H11N3O3S. The summed E-state index contributed by atoms with van der Waals surface area (Å²) in [6.07, 6.45) is 3.31. The van der Waals surface area contributed by atoms with Crippen LogP contribution in [0.4, 0.5) is 0 Å². The van der Waals surface area contributed by atoms with Crippen LogP contribution in [-0.4, -0.2) is 18.0 Å². The van der Waals surface area contributed by atoms with E-state index < -0.39 is 10.3 Å².